The molecule has 2 heterocycles. The Morgan fingerprint density at radius 3 is 2.17 bits per heavy atom. The predicted molar refractivity (Wildman–Crippen MR) is 130 cm³/mol. The number of urea groups is 1. The van der Waals surface area contributed by atoms with Crippen LogP contribution in [0.15, 0.2) is 48.5 Å². The molecule has 1 unspecified atom stereocenters. The lowest BCUT2D eigenvalue weighted by atomic mass is 10.0. The summed E-state index contributed by atoms with van der Waals surface area (Å²) in [6, 6.07) is 11.8. The highest BCUT2D eigenvalue weighted by molar-refractivity contribution is 6.31. The van der Waals surface area contributed by atoms with Crippen molar-refractivity contribution in [2.75, 3.05) is 13.2 Å². The van der Waals surface area contributed by atoms with Gasteiger partial charge in [0.05, 0.1) is 17.0 Å². The molecule has 36 heavy (non-hydrogen) atoms. The van der Waals surface area contributed by atoms with Gasteiger partial charge in [0.1, 0.15) is 25.0 Å². The molecule has 11 heteroatoms. The second-order valence-corrected chi connectivity index (χ2v) is 9.35. The largest absolute Gasteiger partial charge is 0.459 e. The van der Waals surface area contributed by atoms with Gasteiger partial charge in [0.2, 0.25) is 5.91 Å². The van der Waals surface area contributed by atoms with Gasteiger partial charge in [-0.25, -0.2) is 14.4 Å². The lowest BCUT2D eigenvalue weighted by molar-refractivity contribution is -0.129. The minimum atomic E-state index is -0.840. The van der Waals surface area contributed by atoms with E-state index in [1.807, 2.05) is 6.92 Å². The summed E-state index contributed by atoms with van der Waals surface area (Å²) < 4.78 is 17.1. The van der Waals surface area contributed by atoms with Crippen LogP contribution in [-0.4, -0.2) is 60.4 Å². The molecule has 0 aliphatic carbocycles. The Morgan fingerprint density at radius 2 is 1.58 bits per heavy atom. The van der Waals surface area contributed by atoms with Gasteiger partial charge in [0.15, 0.2) is 0 Å². The fraction of sp³-hybridized carbons (Fsp3) is 0.360. The fourth-order valence-corrected chi connectivity index (χ4v) is 4.28. The van der Waals surface area contributed by atoms with E-state index in [0.29, 0.717) is 22.0 Å². The Morgan fingerprint density at radius 1 is 1.00 bits per heavy atom. The summed E-state index contributed by atoms with van der Waals surface area (Å²) in [6.45, 7) is 1.80. The van der Waals surface area contributed by atoms with E-state index < -0.39 is 36.4 Å². The molecule has 190 valence electrons. The molecule has 2 saturated heterocycles. The number of hydrogen-bond donors (Lipinski definition) is 1. The van der Waals surface area contributed by atoms with Crippen LogP contribution in [0, 0.1) is 5.92 Å². The van der Waals surface area contributed by atoms with Crippen molar-refractivity contribution in [3.8, 4) is 0 Å². The Hall–Kier alpha value is -3.14. The molecule has 0 bridgehead atoms. The number of esters is 2. The molecule has 2 aliphatic heterocycles. The zero-order valence-corrected chi connectivity index (χ0v) is 20.8. The van der Waals surface area contributed by atoms with Gasteiger partial charge in [-0.05, 0) is 55.0 Å². The van der Waals surface area contributed by atoms with Gasteiger partial charge in [0.25, 0.3) is 0 Å². The van der Waals surface area contributed by atoms with Gasteiger partial charge < -0.3 is 14.2 Å². The van der Waals surface area contributed by atoms with Crippen LogP contribution < -0.4 is 5.32 Å². The zero-order chi connectivity index (χ0) is 25.8. The molecular weight excluding hydrogens is 511 g/mol. The molecule has 9 nitrogen and oxygen atoms in total. The summed E-state index contributed by atoms with van der Waals surface area (Å²) in [5.41, 5.74) is 0.579. The minimum Gasteiger partial charge on any atom is -0.459 e. The number of ether oxygens (including phenoxy) is 3. The molecule has 3 amide bonds. The molecule has 2 aromatic carbocycles. The lowest BCUT2D eigenvalue weighted by Gasteiger charge is -2.35. The average molecular weight is 535 g/mol. The first-order chi connectivity index (χ1) is 17.2. The highest BCUT2D eigenvalue weighted by atomic mass is 35.5. The number of carbonyl (C=O) groups excluding carboxylic acids is 4. The highest BCUT2D eigenvalue weighted by Crippen LogP contribution is 2.29. The predicted octanol–water partition coefficient (Wildman–Crippen LogP) is 4.07. The quantitative estimate of drug-likeness (QED) is 0.533. The van der Waals surface area contributed by atoms with Crippen LogP contribution in [0.1, 0.15) is 40.5 Å². The summed E-state index contributed by atoms with van der Waals surface area (Å²) >= 11 is 11.8. The molecule has 0 aromatic heterocycles. The number of rotatable bonds is 7. The van der Waals surface area contributed by atoms with Crippen LogP contribution in [-0.2, 0) is 19.0 Å². The van der Waals surface area contributed by atoms with Crippen LogP contribution in [0.4, 0.5) is 4.79 Å². The SMILES string of the molecule is CCC1CN([C@H]2C[C@H](OC(=O)c3ccc(Cl)cc3)[C@@H](COC(=O)c3ccc(Cl)cc3)O2)C(=O)NC1=O. The second-order valence-electron chi connectivity index (χ2n) is 8.47. The Labute approximate surface area is 217 Å². The van der Waals surface area contributed by atoms with Crippen molar-refractivity contribution in [2.24, 2.45) is 5.92 Å². The van der Waals surface area contributed by atoms with Crippen molar-refractivity contribution in [2.45, 2.75) is 38.2 Å². The molecule has 2 aromatic rings. The van der Waals surface area contributed by atoms with Gasteiger partial charge in [-0.2, -0.15) is 0 Å². The third-order valence-corrected chi connectivity index (χ3v) is 6.60. The average Bonchev–Trinajstić information content (AvgIpc) is 3.25. The number of imide groups is 1. The van der Waals surface area contributed by atoms with Gasteiger partial charge in [-0.1, -0.05) is 30.1 Å². The van der Waals surface area contributed by atoms with Crippen LogP contribution >= 0.6 is 23.2 Å². The molecule has 0 radical (unpaired) electrons. The smallest absolute Gasteiger partial charge is 0.338 e. The first-order valence-corrected chi connectivity index (χ1v) is 12.2. The normalized spacial score (nSPS) is 23.8. The van der Waals surface area contributed by atoms with E-state index in [2.05, 4.69) is 5.32 Å². The first-order valence-electron chi connectivity index (χ1n) is 11.4. The molecule has 4 rings (SSSR count). The van der Waals surface area contributed by atoms with Crippen molar-refractivity contribution in [1.82, 2.24) is 10.2 Å². The number of halogens is 2. The fourth-order valence-electron chi connectivity index (χ4n) is 4.03. The van der Waals surface area contributed by atoms with E-state index >= 15 is 0 Å². The standard InChI is InChI=1S/C25H24Cl2N2O7/c1-2-14-12-29(25(33)28-22(14)30)21-11-19(36-24(32)16-5-9-18(27)10-6-16)20(35-21)13-34-23(31)15-3-7-17(26)8-4-15/h3-10,14,19-21H,2,11-13H2,1H3,(H,28,30,33)/t14?,19-,20+,21+/m0/s1. The molecule has 1 N–H and O–H groups in total. The number of carbonyl (C=O) groups is 4. The molecular formula is C25H24Cl2N2O7. The van der Waals surface area contributed by atoms with Crippen LogP contribution in [0.5, 0.6) is 0 Å². The van der Waals surface area contributed by atoms with Gasteiger partial charge >= 0.3 is 18.0 Å². The molecule has 0 saturated carbocycles. The van der Waals surface area contributed by atoms with E-state index in [0.717, 1.165) is 0 Å². The van der Waals surface area contributed by atoms with E-state index in [1.54, 1.807) is 24.3 Å². The maximum Gasteiger partial charge on any atom is 0.338 e. The van der Waals surface area contributed by atoms with Crippen LogP contribution in [0.3, 0.4) is 0 Å². The monoisotopic (exact) mass is 534 g/mol. The molecule has 2 aliphatic rings. The molecule has 0 spiro atoms. The van der Waals surface area contributed by atoms with Crippen molar-refractivity contribution in [3.05, 3.63) is 69.7 Å². The summed E-state index contributed by atoms with van der Waals surface area (Å²) in [7, 11) is 0. The topological polar surface area (TPSA) is 111 Å². The van der Waals surface area contributed by atoms with E-state index in [9.17, 15) is 19.2 Å². The summed E-state index contributed by atoms with van der Waals surface area (Å²) in [5, 5.41) is 3.29. The van der Waals surface area contributed by atoms with Gasteiger partial charge in [-0.3, -0.25) is 15.0 Å². The van der Waals surface area contributed by atoms with E-state index in [-0.39, 0.29) is 37.0 Å². The summed E-state index contributed by atoms with van der Waals surface area (Å²) in [5.74, 6) is -1.94. The van der Waals surface area contributed by atoms with Gasteiger partial charge in [-0.15, -0.1) is 0 Å². The van der Waals surface area contributed by atoms with E-state index in [4.69, 9.17) is 37.4 Å². The number of nitrogens with one attached hydrogen (secondary N) is 1. The van der Waals surface area contributed by atoms with Crippen molar-refractivity contribution in [1.29, 1.82) is 0 Å². The Bertz CT molecular complexity index is 1140. The zero-order valence-electron chi connectivity index (χ0n) is 19.3. The van der Waals surface area contributed by atoms with Crippen molar-refractivity contribution >= 4 is 47.1 Å². The number of amides is 3. The minimum absolute atomic E-state index is 0.139. The number of nitrogens with zero attached hydrogens (tertiary/aromatic N) is 1. The third kappa shape index (κ3) is 5.98. The number of benzene rings is 2. The molecule has 4 atom stereocenters. The van der Waals surface area contributed by atoms with Crippen molar-refractivity contribution in [3.63, 3.8) is 0 Å². The van der Waals surface area contributed by atoms with Crippen LogP contribution in [0.2, 0.25) is 10.0 Å². The number of hydrogen-bond acceptors (Lipinski definition) is 7. The first kappa shape index (κ1) is 25.9. The lowest BCUT2D eigenvalue weighted by Crippen LogP contribution is -2.57. The van der Waals surface area contributed by atoms with Crippen molar-refractivity contribution < 1.29 is 33.4 Å². The maximum absolute atomic E-state index is 12.8. The summed E-state index contributed by atoms with van der Waals surface area (Å²) in [6.07, 6.45) is -1.76. The van der Waals surface area contributed by atoms with Crippen LogP contribution in [0.25, 0.3) is 0 Å². The third-order valence-electron chi connectivity index (χ3n) is 6.10. The van der Waals surface area contributed by atoms with E-state index in [1.165, 1.54) is 29.2 Å². The Kier molecular flexibility index (Phi) is 8.13. The summed E-state index contributed by atoms with van der Waals surface area (Å²) in [4.78, 5) is 51.2. The highest BCUT2D eigenvalue weighted by Gasteiger charge is 2.45. The van der Waals surface area contributed by atoms with Gasteiger partial charge in [0, 0.05) is 23.0 Å². The molecule has 2 fully saturated rings. The maximum atomic E-state index is 12.8. The Balaban J connectivity index is 1.48. The second kappa shape index (κ2) is 11.3.